The number of carbonyl (C=O) groups is 4. The Morgan fingerprint density at radius 3 is 2.64 bits per heavy atom. The fourth-order valence-electron chi connectivity index (χ4n) is 7.42. The average Bonchev–Trinajstić information content (AvgIpc) is 3.43. The average molecular weight is 759 g/mol. The lowest BCUT2D eigenvalue weighted by molar-refractivity contribution is -0.153. The second-order valence-electron chi connectivity index (χ2n) is 14.9. The van der Waals surface area contributed by atoms with Gasteiger partial charge in [-0.1, -0.05) is 60.6 Å². The van der Waals surface area contributed by atoms with Crippen LogP contribution in [-0.2, 0) is 36.5 Å². The molecule has 0 radical (unpaired) electrons. The highest BCUT2D eigenvalue weighted by atomic mass is 35.5. The van der Waals surface area contributed by atoms with Gasteiger partial charge in [-0.3, -0.25) is 9.59 Å². The van der Waals surface area contributed by atoms with E-state index < -0.39 is 76.2 Å². The molecular weight excluding hydrogens is 717 g/mol. The minimum atomic E-state index is -4.92. The highest BCUT2D eigenvalue weighted by molar-refractivity contribution is 6.35. The fraction of sp³-hybridized carbons (Fsp3) is 0.553. The number of rotatable bonds is 3. The number of pyridine rings is 1. The zero-order chi connectivity index (χ0) is 38.3. The van der Waals surface area contributed by atoms with E-state index in [1.54, 1.807) is 45.9 Å². The molecular formula is C38H42ClF3N4O7. The number of alkyl carbamates (subject to hydrolysis) is 1. The summed E-state index contributed by atoms with van der Waals surface area (Å²) >= 11 is 6.29. The molecule has 1 aromatic heterocycles. The zero-order valence-electron chi connectivity index (χ0n) is 30.0. The van der Waals surface area contributed by atoms with Gasteiger partial charge in [0, 0.05) is 17.4 Å². The van der Waals surface area contributed by atoms with Crippen molar-refractivity contribution in [2.75, 3.05) is 13.2 Å². The molecule has 0 bridgehead atoms. The van der Waals surface area contributed by atoms with E-state index in [1.807, 2.05) is 6.08 Å². The summed E-state index contributed by atoms with van der Waals surface area (Å²) in [5.74, 6) is 2.32. The molecule has 4 aliphatic rings. The number of halogens is 4. The van der Waals surface area contributed by atoms with Crippen molar-refractivity contribution >= 4 is 46.4 Å². The van der Waals surface area contributed by atoms with Gasteiger partial charge in [-0.2, -0.15) is 13.2 Å². The molecule has 5 atom stereocenters. The Balaban J connectivity index is 1.42. The maximum Gasteiger partial charge on any atom is 0.437 e. The highest BCUT2D eigenvalue weighted by Gasteiger charge is 2.57. The summed E-state index contributed by atoms with van der Waals surface area (Å²) in [4.78, 5) is 60.5. The van der Waals surface area contributed by atoms with Gasteiger partial charge in [-0.15, -0.1) is 0 Å². The van der Waals surface area contributed by atoms with Gasteiger partial charge in [0.2, 0.25) is 17.4 Å². The number of fused-ring (bicyclic) bond motifs is 5. The molecule has 11 nitrogen and oxygen atoms in total. The van der Waals surface area contributed by atoms with Crippen LogP contribution in [0.1, 0.15) is 83.9 Å². The monoisotopic (exact) mass is 758 g/mol. The number of esters is 1. The Bertz CT molecular complexity index is 1920. The number of carbonyl (C=O) groups excluding carboxylic acids is 4. The van der Waals surface area contributed by atoms with Crippen molar-refractivity contribution in [1.29, 1.82) is 0 Å². The van der Waals surface area contributed by atoms with E-state index in [0.29, 0.717) is 24.6 Å². The van der Waals surface area contributed by atoms with E-state index >= 15 is 0 Å². The van der Waals surface area contributed by atoms with Crippen LogP contribution in [0.4, 0.5) is 18.0 Å². The summed E-state index contributed by atoms with van der Waals surface area (Å²) in [6, 6.07) is 2.23. The minimum absolute atomic E-state index is 0.0148. The second-order valence-corrected chi connectivity index (χ2v) is 15.3. The Hall–Kier alpha value is -4.51. The first-order valence-electron chi connectivity index (χ1n) is 17.8. The van der Waals surface area contributed by atoms with E-state index in [-0.39, 0.29) is 54.9 Å². The first-order valence-corrected chi connectivity index (χ1v) is 18.2. The molecule has 15 heteroatoms. The molecule has 3 amide bonds. The summed E-state index contributed by atoms with van der Waals surface area (Å²) in [6.07, 6.45) is 0.698. The first kappa shape index (κ1) is 38.2. The number of hydrogen-bond acceptors (Lipinski definition) is 8. The van der Waals surface area contributed by atoms with Gasteiger partial charge in [0.1, 0.15) is 23.3 Å². The molecule has 1 saturated heterocycles. The lowest BCUT2D eigenvalue weighted by Crippen LogP contribution is -2.65. The van der Waals surface area contributed by atoms with Crippen LogP contribution in [0.5, 0.6) is 5.75 Å². The summed E-state index contributed by atoms with van der Waals surface area (Å²) in [6.45, 7) is 6.39. The molecule has 1 spiro atoms. The van der Waals surface area contributed by atoms with E-state index in [1.165, 1.54) is 11.0 Å². The lowest BCUT2D eigenvalue weighted by atomic mass is 9.76. The topological polar surface area (TPSA) is 136 Å². The van der Waals surface area contributed by atoms with Crippen LogP contribution < -0.4 is 15.4 Å². The van der Waals surface area contributed by atoms with Crippen molar-refractivity contribution < 1.29 is 46.6 Å². The molecule has 2 aromatic rings. The molecule has 1 aliphatic carbocycles. The number of allylic oxidation sites excluding steroid dienone is 1. The van der Waals surface area contributed by atoms with Crippen LogP contribution in [0.3, 0.4) is 0 Å². The predicted octanol–water partition coefficient (Wildman–Crippen LogP) is 6.04. The molecule has 3 aliphatic heterocycles. The Labute approximate surface area is 310 Å². The van der Waals surface area contributed by atoms with Crippen LogP contribution in [0.25, 0.3) is 10.9 Å². The molecule has 5 unspecified atom stereocenters. The highest BCUT2D eigenvalue weighted by Crippen LogP contribution is 2.49. The Morgan fingerprint density at radius 2 is 1.96 bits per heavy atom. The van der Waals surface area contributed by atoms with E-state index in [2.05, 4.69) is 27.5 Å². The van der Waals surface area contributed by atoms with Crippen LogP contribution in [0.15, 0.2) is 30.4 Å². The van der Waals surface area contributed by atoms with Gasteiger partial charge in [0.05, 0.1) is 29.6 Å². The standard InChI is InChI=1S/C38H42ClF3N4O7/c1-5-51-33(49)37-19-16-22(37)12-9-7-6-8-10-15-26(43-34(50)53-35(2,3)4)32(48)46-21-36(20-27(46)31(47)45-37)18-17-24-23-13-11-14-25(39)28(23)44-30(29(24)52-36)38(40,41)42/h9,11-14,22,26-27H,5-8,10,15,17-18,20-21H2,1-4H3,(H,43,50)(H,45,47). The smallest absolute Gasteiger partial charge is 0.437 e. The maximum atomic E-state index is 14.6. The molecule has 0 saturated carbocycles. The van der Waals surface area contributed by atoms with Crippen LogP contribution in [0, 0.1) is 17.8 Å². The SMILES string of the molecule is CCOC(=O)C12C#CC1C=CCCCCCC(NC(=O)OC(C)(C)C)C(=O)N1CC3(CCc4c(c(C(F)(F)F)nc5c(Cl)cccc45)O3)CC1C(=O)N2. The number of nitrogens with zero attached hydrogens (tertiary/aromatic N) is 2. The predicted molar refractivity (Wildman–Crippen MR) is 188 cm³/mol. The summed E-state index contributed by atoms with van der Waals surface area (Å²) in [5, 5.41) is 5.89. The van der Waals surface area contributed by atoms with Gasteiger partial charge >= 0.3 is 18.2 Å². The number of amides is 3. The van der Waals surface area contributed by atoms with Gasteiger partial charge in [-0.25, -0.2) is 14.6 Å². The van der Waals surface area contributed by atoms with Crippen LogP contribution in [-0.4, -0.2) is 75.7 Å². The summed E-state index contributed by atoms with van der Waals surface area (Å²) in [7, 11) is 0. The number of benzene rings is 1. The minimum Gasteiger partial charge on any atom is -0.483 e. The fourth-order valence-corrected chi connectivity index (χ4v) is 7.64. The summed E-state index contributed by atoms with van der Waals surface area (Å²) < 4.78 is 61.0. The van der Waals surface area contributed by atoms with E-state index in [4.69, 9.17) is 25.8 Å². The second kappa shape index (κ2) is 14.4. The van der Waals surface area contributed by atoms with E-state index in [0.717, 1.165) is 6.42 Å². The summed E-state index contributed by atoms with van der Waals surface area (Å²) in [5.41, 5.74) is -5.10. The number of para-hydroxylation sites is 1. The largest absolute Gasteiger partial charge is 0.483 e. The molecule has 284 valence electrons. The lowest BCUT2D eigenvalue weighted by Gasteiger charge is -2.37. The van der Waals surface area contributed by atoms with Crippen LogP contribution in [0.2, 0.25) is 5.02 Å². The molecule has 4 heterocycles. The zero-order valence-corrected chi connectivity index (χ0v) is 30.7. The van der Waals surface area contributed by atoms with Gasteiger partial charge in [0.15, 0.2) is 11.4 Å². The van der Waals surface area contributed by atoms with Gasteiger partial charge < -0.3 is 29.7 Å². The third-order valence-corrected chi connectivity index (χ3v) is 10.2. The Kier molecular flexibility index (Phi) is 10.4. The molecule has 2 N–H and O–H groups in total. The molecule has 53 heavy (non-hydrogen) atoms. The third-order valence-electron chi connectivity index (χ3n) is 9.92. The van der Waals surface area contributed by atoms with Crippen molar-refractivity contribution in [1.82, 2.24) is 20.5 Å². The van der Waals surface area contributed by atoms with Gasteiger partial charge in [0.25, 0.3) is 0 Å². The third kappa shape index (κ3) is 7.63. The number of ether oxygens (including phenoxy) is 3. The number of nitrogens with one attached hydrogen (secondary N) is 2. The van der Waals surface area contributed by atoms with Crippen molar-refractivity contribution in [2.45, 2.75) is 114 Å². The number of hydrogen-bond donors (Lipinski definition) is 2. The van der Waals surface area contributed by atoms with Crippen molar-refractivity contribution in [3.8, 4) is 17.6 Å². The number of alkyl halides is 3. The molecule has 1 aromatic carbocycles. The molecule has 6 rings (SSSR count). The van der Waals surface area contributed by atoms with Crippen LogP contribution >= 0.6 is 11.6 Å². The Morgan fingerprint density at radius 1 is 1.19 bits per heavy atom. The van der Waals surface area contributed by atoms with Crippen molar-refractivity contribution in [2.24, 2.45) is 5.92 Å². The maximum absolute atomic E-state index is 14.6. The normalized spacial score (nSPS) is 27.4. The molecule has 1 fully saturated rings. The van der Waals surface area contributed by atoms with Crippen molar-refractivity contribution in [3.05, 3.63) is 46.6 Å². The number of aryl methyl sites for hydroxylation is 1. The van der Waals surface area contributed by atoms with Gasteiger partial charge in [-0.05, 0) is 65.9 Å². The first-order chi connectivity index (χ1) is 25.0. The van der Waals surface area contributed by atoms with E-state index in [9.17, 15) is 32.3 Å². The number of aromatic nitrogens is 1. The quantitative estimate of drug-likeness (QED) is 0.220. The van der Waals surface area contributed by atoms with Crippen molar-refractivity contribution in [3.63, 3.8) is 0 Å².